The van der Waals surface area contributed by atoms with Gasteiger partial charge in [-0.3, -0.25) is 0 Å². The number of nitrogens with one attached hydrogen (secondary N) is 1. The van der Waals surface area contributed by atoms with Crippen LogP contribution in [0.25, 0.3) is 0 Å². The third-order valence-electron chi connectivity index (χ3n) is 2.62. The van der Waals surface area contributed by atoms with Crippen molar-refractivity contribution in [3.05, 3.63) is 55.7 Å². The standard InChI is InChI=1S/C16H18IN2O2/c1-20-11-18-15-7-3-13(4-8-15)17-14-5-9-16(10-6-14)19-12-21-2/h3-11,19H,12H2,1-2H3/q-1. The second kappa shape index (κ2) is 8.63. The van der Waals surface area contributed by atoms with Crippen molar-refractivity contribution in [3.8, 4) is 0 Å². The van der Waals surface area contributed by atoms with Gasteiger partial charge in [0, 0.05) is 0 Å². The molecule has 0 aromatic heterocycles. The van der Waals surface area contributed by atoms with Crippen molar-refractivity contribution in [2.24, 2.45) is 4.99 Å². The number of hydrogen-bond donors (Lipinski definition) is 1. The molecule has 0 atom stereocenters. The predicted octanol–water partition coefficient (Wildman–Crippen LogP) is 0.137. The number of benzene rings is 2. The van der Waals surface area contributed by atoms with Gasteiger partial charge in [0.2, 0.25) is 0 Å². The van der Waals surface area contributed by atoms with E-state index in [0.29, 0.717) is 6.73 Å². The monoisotopic (exact) mass is 397 g/mol. The molecule has 0 aliphatic carbocycles. The normalized spacial score (nSPS) is 11.0. The summed E-state index contributed by atoms with van der Waals surface area (Å²) in [4.78, 5) is 4.16. The molecule has 2 rings (SSSR count). The SMILES string of the molecule is COC=Nc1ccc([I-]c2ccc(NCOC)cc2)cc1. The number of nitrogens with zero attached hydrogens (tertiary/aromatic N) is 1. The molecule has 0 amide bonds. The van der Waals surface area contributed by atoms with Crippen molar-refractivity contribution in [1.82, 2.24) is 0 Å². The van der Waals surface area contributed by atoms with Gasteiger partial charge in [-0.2, -0.15) is 0 Å². The Hall–Kier alpha value is -1.60. The van der Waals surface area contributed by atoms with E-state index >= 15 is 0 Å². The number of anilines is 1. The maximum absolute atomic E-state index is 4.99. The molecule has 0 bridgehead atoms. The molecule has 0 saturated carbocycles. The van der Waals surface area contributed by atoms with E-state index in [-0.39, 0.29) is 21.2 Å². The number of rotatable bonds is 7. The van der Waals surface area contributed by atoms with Crippen molar-refractivity contribution >= 4 is 17.8 Å². The molecule has 112 valence electrons. The molecule has 0 spiro atoms. The van der Waals surface area contributed by atoms with E-state index in [1.807, 2.05) is 12.1 Å². The van der Waals surface area contributed by atoms with Gasteiger partial charge in [-0.15, -0.1) is 0 Å². The van der Waals surface area contributed by atoms with E-state index < -0.39 is 0 Å². The van der Waals surface area contributed by atoms with Crippen LogP contribution in [0.2, 0.25) is 0 Å². The Bertz CT molecular complexity index is 568. The third-order valence-corrected chi connectivity index (χ3v) is 5.30. The number of ether oxygens (including phenoxy) is 2. The van der Waals surface area contributed by atoms with E-state index in [0.717, 1.165) is 11.4 Å². The molecule has 0 radical (unpaired) electrons. The Morgan fingerprint density at radius 1 is 1.00 bits per heavy atom. The molecular weight excluding hydrogens is 379 g/mol. The van der Waals surface area contributed by atoms with Crippen LogP contribution in [0.1, 0.15) is 0 Å². The van der Waals surface area contributed by atoms with Crippen LogP contribution in [0.4, 0.5) is 11.4 Å². The van der Waals surface area contributed by atoms with E-state index in [1.54, 1.807) is 14.2 Å². The average Bonchev–Trinajstić information content (AvgIpc) is 2.53. The molecule has 21 heavy (non-hydrogen) atoms. The Kier molecular flexibility index (Phi) is 6.49. The van der Waals surface area contributed by atoms with E-state index in [4.69, 9.17) is 9.47 Å². The number of methoxy groups -OCH3 is 2. The van der Waals surface area contributed by atoms with Crippen LogP contribution >= 0.6 is 0 Å². The third kappa shape index (κ3) is 5.35. The van der Waals surface area contributed by atoms with Crippen LogP contribution in [0.15, 0.2) is 53.5 Å². The van der Waals surface area contributed by atoms with Crippen molar-refractivity contribution in [3.63, 3.8) is 0 Å². The zero-order valence-corrected chi connectivity index (χ0v) is 14.2. The fraction of sp³-hybridized carbons (Fsp3) is 0.188. The first-order valence-corrected chi connectivity index (χ1v) is 8.60. The first-order valence-electron chi connectivity index (χ1n) is 6.45. The topological polar surface area (TPSA) is 42.8 Å². The summed E-state index contributed by atoms with van der Waals surface area (Å²) < 4.78 is 12.5. The minimum atomic E-state index is -0.166. The molecule has 0 fully saturated rings. The molecule has 4 nitrogen and oxygen atoms in total. The van der Waals surface area contributed by atoms with Crippen molar-refractivity contribution in [1.29, 1.82) is 0 Å². The second-order valence-corrected chi connectivity index (χ2v) is 7.19. The summed E-state index contributed by atoms with van der Waals surface area (Å²) in [7, 11) is 3.27. The Morgan fingerprint density at radius 2 is 1.62 bits per heavy atom. The van der Waals surface area contributed by atoms with Crippen molar-refractivity contribution in [2.45, 2.75) is 0 Å². The van der Waals surface area contributed by atoms with Gasteiger partial charge in [0.25, 0.3) is 0 Å². The molecule has 2 aromatic rings. The second-order valence-electron chi connectivity index (χ2n) is 4.16. The quantitative estimate of drug-likeness (QED) is 0.313. The van der Waals surface area contributed by atoms with Gasteiger partial charge in [0.05, 0.1) is 0 Å². The van der Waals surface area contributed by atoms with Gasteiger partial charge >= 0.3 is 135 Å². The zero-order valence-electron chi connectivity index (χ0n) is 12.0. The first kappa shape index (κ1) is 15.8. The molecular formula is C16H18IN2O2-. The zero-order chi connectivity index (χ0) is 14.9. The van der Waals surface area contributed by atoms with E-state index in [9.17, 15) is 0 Å². The van der Waals surface area contributed by atoms with Crippen LogP contribution in [0, 0.1) is 7.14 Å². The van der Waals surface area contributed by atoms with Gasteiger partial charge in [-0.1, -0.05) is 0 Å². The Morgan fingerprint density at radius 3 is 2.19 bits per heavy atom. The predicted molar refractivity (Wildman–Crippen MR) is 80.9 cm³/mol. The first-order chi connectivity index (χ1) is 10.3. The molecule has 0 aliphatic heterocycles. The molecule has 0 unspecified atom stereocenters. The fourth-order valence-electron chi connectivity index (χ4n) is 1.62. The molecule has 0 aliphatic rings. The van der Waals surface area contributed by atoms with Crippen molar-refractivity contribution < 1.29 is 30.7 Å². The molecule has 5 heteroatoms. The van der Waals surface area contributed by atoms with Crippen LogP contribution in [-0.2, 0) is 9.47 Å². The van der Waals surface area contributed by atoms with E-state index in [2.05, 4.69) is 46.7 Å². The van der Waals surface area contributed by atoms with Gasteiger partial charge in [-0.25, -0.2) is 0 Å². The molecule has 0 saturated heterocycles. The maximum atomic E-state index is 4.99. The summed E-state index contributed by atoms with van der Waals surface area (Å²) in [6.45, 7) is 0.526. The molecule has 0 heterocycles. The summed E-state index contributed by atoms with van der Waals surface area (Å²) in [5.74, 6) is 0. The number of halogens is 1. The average molecular weight is 397 g/mol. The van der Waals surface area contributed by atoms with Gasteiger partial charge in [-0.05, 0) is 0 Å². The van der Waals surface area contributed by atoms with Gasteiger partial charge in [0.1, 0.15) is 0 Å². The van der Waals surface area contributed by atoms with Crippen LogP contribution < -0.4 is 26.5 Å². The number of hydrogen-bond acceptors (Lipinski definition) is 4. The van der Waals surface area contributed by atoms with Gasteiger partial charge < -0.3 is 0 Å². The Labute approximate surface area is 135 Å². The summed E-state index contributed by atoms with van der Waals surface area (Å²) >= 11 is -0.166. The van der Waals surface area contributed by atoms with Crippen LogP contribution in [-0.4, -0.2) is 27.4 Å². The van der Waals surface area contributed by atoms with Crippen LogP contribution in [0.5, 0.6) is 0 Å². The minimum absolute atomic E-state index is 0.166. The summed E-state index contributed by atoms with van der Waals surface area (Å²) in [5, 5.41) is 3.17. The fourth-order valence-corrected chi connectivity index (χ4v) is 3.77. The van der Waals surface area contributed by atoms with E-state index in [1.165, 1.54) is 13.5 Å². The van der Waals surface area contributed by atoms with Crippen LogP contribution in [0.3, 0.4) is 0 Å². The summed E-state index contributed by atoms with van der Waals surface area (Å²) in [5.41, 5.74) is 1.98. The van der Waals surface area contributed by atoms with Crippen molar-refractivity contribution in [2.75, 3.05) is 26.3 Å². The Balaban J connectivity index is 1.96. The molecule has 1 N–H and O–H groups in total. The summed E-state index contributed by atoms with van der Waals surface area (Å²) in [6.07, 6.45) is 1.44. The molecule has 2 aromatic carbocycles. The summed E-state index contributed by atoms with van der Waals surface area (Å²) in [6, 6.07) is 16.8. The number of aliphatic imine (C=N–C) groups is 1. The van der Waals surface area contributed by atoms with Gasteiger partial charge in [0.15, 0.2) is 0 Å².